The Hall–Kier alpha value is 0.0200. The Bertz CT molecular complexity index is 195. The third kappa shape index (κ3) is 5.04. The van der Waals surface area contributed by atoms with Crippen LogP contribution in [0.15, 0.2) is 0 Å². The number of rotatable bonds is 3. The van der Waals surface area contributed by atoms with Crippen molar-refractivity contribution in [1.82, 2.24) is 5.32 Å². The molecule has 0 bridgehead atoms. The second kappa shape index (κ2) is 5.20. The molecular weight excluding hydrogens is 197 g/mol. The molecule has 14 heavy (non-hydrogen) atoms. The molecular formula is C10H21NO2P+. The van der Waals surface area contributed by atoms with E-state index in [4.69, 9.17) is 4.52 Å². The van der Waals surface area contributed by atoms with Crippen LogP contribution in [0.2, 0.25) is 0 Å². The maximum Gasteiger partial charge on any atom is 0.508 e. The van der Waals surface area contributed by atoms with Gasteiger partial charge in [0, 0.05) is 5.92 Å². The van der Waals surface area contributed by atoms with E-state index in [0.717, 1.165) is 32.1 Å². The lowest BCUT2D eigenvalue weighted by Gasteiger charge is -2.19. The van der Waals surface area contributed by atoms with Crippen molar-refractivity contribution in [3.8, 4) is 0 Å². The lowest BCUT2D eigenvalue weighted by molar-refractivity contribution is 0.141. The van der Waals surface area contributed by atoms with Gasteiger partial charge in [0.25, 0.3) is 0 Å². The van der Waals surface area contributed by atoms with Crippen molar-refractivity contribution < 1.29 is 9.09 Å². The number of nitrogens with one attached hydrogen (secondary N) is 1. The molecule has 1 fully saturated rings. The minimum Gasteiger partial charge on any atom is -0.317 e. The highest BCUT2D eigenvalue weighted by molar-refractivity contribution is 7.39. The third-order valence-corrected chi connectivity index (χ3v) is 3.81. The van der Waals surface area contributed by atoms with Gasteiger partial charge in [0.15, 0.2) is 6.16 Å². The summed E-state index contributed by atoms with van der Waals surface area (Å²) in [5, 5.41) is 3.30. The van der Waals surface area contributed by atoms with E-state index in [9.17, 15) is 4.57 Å². The number of hydrogen-bond donors (Lipinski definition) is 1. The van der Waals surface area contributed by atoms with Crippen molar-refractivity contribution in [2.45, 2.75) is 39.2 Å². The smallest absolute Gasteiger partial charge is 0.317 e. The summed E-state index contributed by atoms with van der Waals surface area (Å²) in [7, 11) is -1.47. The Kier molecular flexibility index (Phi) is 4.49. The van der Waals surface area contributed by atoms with Crippen LogP contribution in [0.25, 0.3) is 0 Å². The van der Waals surface area contributed by atoms with E-state index in [2.05, 4.69) is 5.32 Å². The minimum atomic E-state index is -1.47. The molecule has 0 aliphatic carbocycles. The molecule has 3 nitrogen and oxygen atoms in total. The Balaban J connectivity index is 2.25. The Morgan fingerprint density at radius 3 is 2.43 bits per heavy atom. The quantitative estimate of drug-likeness (QED) is 0.740. The second-order valence-corrected chi connectivity index (χ2v) is 6.13. The van der Waals surface area contributed by atoms with Crippen molar-refractivity contribution in [3.63, 3.8) is 0 Å². The summed E-state index contributed by atoms with van der Waals surface area (Å²) in [6.07, 6.45) is 3.00. The Labute approximate surface area is 87.5 Å². The molecule has 82 valence electrons. The summed E-state index contributed by atoms with van der Waals surface area (Å²) >= 11 is 0. The zero-order chi connectivity index (χ0) is 10.6. The summed E-state index contributed by atoms with van der Waals surface area (Å²) in [4.78, 5) is 0. The van der Waals surface area contributed by atoms with Gasteiger partial charge >= 0.3 is 8.03 Å². The molecule has 1 aliphatic rings. The summed E-state index contributed by atoms with van der Waals surface area (Å²) in [5.74, 6) is 0.585. The van der Waals surface area contributed by atoms with Crippen molar-refractivity contribution in [1.29, 1.82) is 0 Å². The molecule has 0 aromatic carbocycles. The van der Waals surface area contributed by atoms with Gasteiger partial charge in [-0.05, 0) is 51.3 Å². The SMILES string of the molecule is CC(C)(C)O[P+](=O)CC1CCNCC1. The van der Waals surface area contributed by atoms with Crippen LogP contribution in [0.1, 0.15) is 33.6 Å². The normalized spacial score (nSPS) is 20.9. The predicted octanol–water partition coefficient (Wildman–Crippen LogP) is 2.54. The van der Waals surface area contributed by atoms with Crippen molar-refractivity contribution in [2.75, 3.05) is 19.3 Å². The standard InChI is InChI=1S/C10H21NO2P/c1-10(2,3)13-14(12)8-9-4-6-11-7-5-9/h9,11H,4-8H2,1-3H3/q+1. The van der Waals surface area contributed by atoms with Gasteiger partial charge < -0.3 is 5.32 Å². The van der Waals surface area contributed by atoms with Crippen LogP contribution < -0.4 is 5.32 Å². The van der Waals surface area contributed by atoms with Crippen LogP contribution in [0.4, 0.5) is 0 Å². The van der Waals surface area contributed by atoms with E-state index in [0.29, 0.717) is 5.92 Å². The molecule has 0 amide bonds. The molecule has 0 spiro atoms. The van der Waals surface area contributed by atoms with Crippen LogP contribution in [0.5, 0.6) is 0 Å². The van der Waals surface area contributed by atoms with Crippen LogP contribution >= 0.6 is 8.03 Å². The van der Waals surface area contributed by atoms with E-state index in [-0.39, 0.29) is 5.60 Å². The molecule has 1 rings (SSSR count). The summed E-state index contributed by atoms with van der Waals surface area (Å²) in [6.45, 7) is 7.96. The largest absolute Gasteiger partial charge is 0.508 e. The van der Waals surface area contributed by atoms with E-state index in [1.54, 1.807) is 0 Å². The van der Waals surface area contributed by atoms with Gasteiger partial charge in [-0.3, -0.25) is 0 Å². The van der Waals surface area contributed by atoms with Gasteiger partial charge in [-0.2, -0.15) is 0 Å². The fourth-order valence-corrected chi connectivity index (χ4v) is 3.09. The first-order valence-corrected chi connectivity index (χ1v) is 6.68. The second-order valence-electron chi connectivity index (χ2n) is 4.91. The zero-order valence-corrected chi connectivity index (χ0v) is 10.3. The van der Waals surface area contributed by atoms with Crippen LogP contribution in [0.3, 0.4) is 0 Å². The highest BCUT2D eigenvalue weighted by atomic mass is 31.1. The van der Waals surface area contributed by atoms with Gasteiger partial charge in [0.05, 0.1) is 0 Å². The molecule has 1 N–H and O–H groups in total. The fourth-order valence-electron chi connectivity index (χ4n) is 1.62. The summed E-state index contributed by atoms with van der Waals surface area (Å²) < 4.78 is 17.1. The van der Waals surface area contributed by atoms with Crippen LogP contribution in [-0.4, -0.2) is 24.9 Å². The molecule has 0 aromatic heterocycles. The molecule has 1 unspecified atom stereocenters. The lowest BCUT2D eigenvalue weighted by Crippen LogP contribution is -2.29. The number of hydrogen-bond acceptors (Lipinski definition) is 3. The summed E-state index contributed by atoms with van der Waals surface area (Å²) in [6, 6.07) is 0. The monoisotopic (exact) mass is 218 g/mol. The first-order chi connectivity index (χ1) is 6.47. The van der Waals surface area contributed by atoms with Gasteiger partial charge in [0.2, 0.25) is 0 Å². The van der Waals surface area contributed by atoms with Gasteiger partial charge in [0.1, 0.15) is 5.60 Å². The molecule has 1 atom stereocenters. The molecule has 0 aromatic rings. The topological polar surface area (TPSA) is 38.3 Å². The van der Waals surface area contributed by atoms with Gasteiger partial charge in [-0.15, -0.1) is 4.52 Å². The third-order valence-electron chi connectivity index (χ3n) is 2.24. The maximum atomic E-state index is 11.6. The van der Waals surface area contributed by atoms with E-state index < -0.39 is 8.03 Å². The zero-order valence-electron chi connectivity index (χ0n) is 9.38. The van der Waals surface area contributed by atoms with E-state index >= 15 is 0 Å². The fraction of sp³-hybridized carbons (Fsp3) is 1.00. The first-order valence-electron chi connectivity index (χ1n) is 5.32. The Morgan fingerprint density at radius 1 is 1.36 bits per heavy atom. The molecule has 1 aliphatic heterocycles. The van der Waals surface area contributed by atoms with Crippen molar-refractivity contribution in [3.05, 3.63) is 0 Å². The molecule has 0 saturated carbocycles. The Morgan fingerprint density at radius 2 is 1.93 bits per heavy atom. The van der Waals surface area contributed by atoms with Crippen LogP contribution in [0, 0.1) is 5.92 Å². The highest BCUT2D eigenvalue weighted by Crippen LogP contribution is 2.34. The average molecular weight is 218 g/mol. The summed E-state index contributed by atoms with van der Waals surface area (Å²) in [5.41, 5.74) is -0.277. The highest BCUT2D eigenvalue weighted by Gasteiger charge is 2.31. The van der Waals surface area contributed by atoms with E-state index in [1.807, 2.05) is 20.8 Å². The molecule has 1 heterocycles. The van der Waals surface area contributed by atoms with Gasteiger partial charge in [-0.1, -0.05) is 0 Å². The molecule has 1 saturated heterocycles. The predicted molar refractivity (Wildman–Crippen MR) is 58.9 cm³/mol. The first kappa shape index (κ1) is 12.1. The molecule has 0 radical (unpaired) electrons. The average Bonchev–Trinajstić information content (AvgIpc) is 2.02. The maximum absolute atomic E-state index is 11.6. The number of piperidine rings is 1. The molecule has 4 heteroatoms. The van der Waals surface area contributed by atoms with Crippen molar-refractivity contribution >= 4 is 8.03 Å². The van der Waals surface area contributed by atoms with Gasteiger partial charge in [-0.25, -0.2) is 0 Å². The van der Waals surface area contributed by atoms with Crippen molar-refractivity contribution in [2.24, 2.45) is 5.92 Å². The van der Waals surface area contributed by atoms with E-state index in [1.165, 1.54) is 0 Å². The van der Waals surface area contributed by atoms with Crippen LogP contribution in [-0.2, 0) is 9.09 Å². The lowest BCUT2D eigenvalue weighted by atomic mass is 10.0. The minimum absolute atomic E-state index is 0.277.